The zero-order chi connectivity index (χ0) is 12.3. The molecule has 1 atom stereocenters. The van der Waals surface area contributed by atoms with Gasteiger partial charge >= 0.3 is 5.97 Å². The predicted molar refractivity (Wildman–Crippen MR) is 50.9 cm³/mol. The fraction of sp³-hybridized carbons (Fsp3) is 0.200. The second-order valence-electron chi connectivity index (χ2n) is 3.16. The predicted octanol–water partition coefficient (Wildman–Crippen LogP) is 1.17. The number of hydrogen-bond acceptors (Lipinski definition) is 2. The lowest BCUT2D eigenvalue weighted by molar-refractivity contribution is -0.138. The first-order valence-electron chi connectivity index (χ1n) is 4.40. The summed E-state index contributed by atoms with van der Waals surface area (Å²) < 4.78 is 25.3. The molecular weight excluding hydrogens is 220 g/mol. The summed E-state index contributed by atoms with van der Waals surface area (Å²) in [7, 11) is 0. The molecule has 0 aliphatic rings. The van der Waals surface area contributed by atoms with Gasteiger partial charge in [0.2, 0.25) is 0 Å². The van der Waals surface area contributed by atoms with Crippen molar-refractivity contribution in [3.8, 4) is 0 Å². The maximum absolute atomic E-state index is 12.8. The third-order valence-corrected chi connectivity index (χ3v) is 1.90. The van der Waals surface area contributed by atoms with Crippen molar-refractivity contribution in [3.63, 3.8) is 0 Å². The number of benzene rings is 1. The zero-order valence-corrected chi connectivity index (χ0v) is 8.33. The van der Waals surface area contributed by atoms with Gasteiger partial charge in [0.15, 0.2) is 11.6 Å². The van der Waals surface area contributed by atoms with E-state index < -0.39 is 29.6 Å². The Morgan fingerprint density at radius 3 is 2.44 bits per heavy atom. The molecule has 0 aromatic heterocycles. The van der Waals surface area contributed by atoms with Crippen molar-refractivity contribution in [1.82, 2.24) is 5.32 Å². The summed E-state index contributed by atoms with van der Waals surface area (Å²) in [5.41, 5.74) is -0.132. The molecule has 1 aromatic carbocycles. The third-order valence-electron chi connectivity index (χ3n) is 1.90. The Balaban J connectivity index is 2.81. The summed E-state index contributed by atoms with van der Waals surface area (Å²) in [6.45, 7) is 1.26. The van der Waals surface area contributed by atoms with E-state index in [-0.39, 0.29) is 5.56 Å². The van der Waals surface area contributed by atoms with Gasteiger partial charge in [-0.3, -0.25) is 9.59 Å². The second-order valence-corrected chi connectivity index (χ2v) is 3.16. The minimum atomic E-state index is -1.21. The lowest BCUT2D eigenvalue weighted by Gasteiger charge is -2.09. The number of rotatable bonds is 3. The van der Waals surface area contributed by atoms with Gasteiger partial charge in [-0.1, -0.05) is 0 Å². The van der Waals surface area contributed by atoms with Crippen LogP contribution in [-0.2, 0) is 4.79 Å². The smallest absolute Gasteiger partial charge is 0.325 e. The third kappa shape index (κ3) is 2.75. The largest absolute Gasteiger partial charge is 0.480 e. The molecule has 86 valence electrons. The number of carboxylic acids is 1. The maximum atomic E-state index is 12.8. The average Bonchev–Trinajstić information content (AvgIpc) is 2.21. The molecule has 0 heterocycles. The Morgan fingerprint density at radius 2 is 1.94 bits per heavy atom. The van der Waals surface area contributed by atoms with Crippen LogP contribution in [0.5, 0.6) is 0 Å². The van der Waals surface area contributed by atoms with Crippen LogP contribution in [0, 0.1) is 11.6 Å². The van der Waals surface area contributed by atoms with Crippen molar-refractivity contribution in [2.24, 2.45) is 0 Å². The van der Waals surface area contributed by atoms with Crippen molar-refractivity contribution in [3.05, 3.63) is 35.4 Å². The SMILES string of the molecule is C[C@@H](NC(=O)c1ccc(F)c(F)c1)C(=O)O. The second kappa shape index (κ2) is 4.69. The molecule has 0 saturated carbocycles. The molecule has 0 radical (unpaired) electrons. The van der Waals surface area contributed by atoms with Gasteiger partial charge in [0, 0.05) is 5.56 Å². The van der Waals surface area contributed by atoms with Crippen LogP contribution >= 0.6 is 0 Å². The number of amides is 1. The average molecular weight is 229 g/mol. The van der Waals surface area contributed by atoms with Crippen LogP contribution < -0.4 is 5.32 Å². The zero-order valence-electron chi connectivity index (χ0n) is 8.33. The van der Waals surface area contributed by atoms with Crippen LogP contribution in [0.2, 0.25) is 0 Å². The minimum absolute atomic E-state index is 0.132. The van der Waals surface area contributed by atoms with Crippen LogP contribution in [0.15, 0.2) is 18.2 Å². The van der Waals surface area contributed by atoms with E-state index in [1.54, 1.807) is 0 Å². The fourth-order valence-electron chi connectivity index (χ4n) is 0.979. The Hall–Kier alpha value is -1.98. The van der Waals surface area contributed by atoms with Gasteiger partial charge < -0.3 is 10.4 Å². The van der Waals surface area contributed by atoms with E-state index in [2.05, 4.69) is 5.32 Å². The summed E-state index contributed by atoms with van der Waals surface area (Å²) in [5.74, 6) is -4.21. The number of hydrogen-bond donors (Lipinski definition) is 2. The lowest BCUT2D eigenvalue weighted by Crippen LogP contribution is -2.38. The number of aliphatic carboxylic acids is 1. The van der Waals surface area contributed by atoms with Crippen LogP contribution in [0.25, 0.3) is 0 Å². The van der Waals surface area contributed by atoms with E-state index in [1.165, 1.54) is 6.92 Å². The molecule has 1 aromatic rings. The van der Waals surface area contributed by atoms with Crippen molar-refractivity contribution >= 4 is 11.9 Å². The number of carboxylic acid groups (broad SMARTS) is 1. The normalized spacial score (nSPS) is 11.9. The Bertz CT molecular complexity index is 434. The molecule has 4 nitrogen and oxygen atoms in total. The van der Waals surface area contributed by atoms with E-state index in [1.807, 2.05) is 0 Å². The first-order chi connectivity index (χ1) is 7.41. The molecule has 0 fully saturated rings. The highest BCUT2D eigenvalue weighted by Gasteiger charge is 2.16. The Labute approximate surface area is 89.9 Å². The molecule has 0 spiro atoms. The number of halogens is 2. The topological polar surface area (TPSA) is 66.4 Å². The van der Waals surface area contributed by atoms with E-state index in [9.17, 15) is 18.4 Å². The fourth-order valence-corrected chi connectivity index (χ4v) is 0.979. The van der Waals surface area contributed by atoms with Crippen LogP contribution in [0.4, 0.5) is 8.78 Å². The molecule has 2 N–H and O–H groups in total. The summed E-state index contributed by atoms with van der Waals surface area (Å²) in [5, 5.41) is 10.6. The lowest BCUT2D eigenvalue weighted by atomic mass is 10.2. The molecule has 0 unspecified atom stereocenters. The van der Waals surface area contributed by atoms with Crippen LogP contribution in [0.1, 0.15) is 17.3 Å². The molecule has 1 amide bonds. The van der Waals surface area contributed by atoms with Gasteiger partial charge in [0.25, 0.3) is 5.91 Å². The van der Waals surface area contributed by atoms with Gasteiger partial charge in [-0.15, -0.1) is 0 Å². The summed E-state index contributed by atoms with van der Waals surface area (Å²) in [6.07, 6.45) is 0. The maximum Gasteiger partial charge on any atom is 0.325 e. The number of carbonyl (C=O) groups is 2. The monoisotopic (exact) mass is 229 g/mol. The van der Waals surface area contributed by atoms with Gasteiger partial charge in [0.1, 0.15) is 6.04 Å². The summed E-state index contributed by atoms with van der Waals surface area (Å²) in [4.78, 5) is 21.8. The van der Waals surface area contributed by atoms with E-state index in [0.29, 0.717) is 6.07 Å². The Kier molecular flexibility index (Phi) is 3.55. The summed E-state index contributed by atoms with van der Waals surface area (Å²) in [6, 6.07) is 1.48. The first-order valence-corrected chi connectivity index (χ1v) is 4.40. The highest BCUT2D eigenvalue weighted by molar-refractivity contribution is 5.96. The van der Waals surface area contributed by atoms with Crippen molar-refractivity contribution in [2.45, 2.75) is 13.0 Å². The highest BCUT2D eigenvalue weighted by Crippen LogP contribution is 2.08. The van der Waals surface area contributed by atoms with Crippen molar-refractivity contribution in [1.29, 1.82) is 0 Å². The van der Waals surface area contributed by atoms with Crippen molar-refractivity contribution < 1.29 is 23.5 Å². The number of nitrogens with one attached hydrogen (secondary N) is 1. The van der Waals surface area contributed by atoms with E-state index >= 15 is 0 Å². The number of carbonyl (C=O) groups excluding carboxylic acids is 1. The molecule has 16 heavy (non-hydrogen) atoms. The van der Waals surface area contributed by atoms with Gasteiger partial charge in [0.05, 0.1) is 0 Å². The molecular formula is C10H9F2NO3. The van der Waals surface area contributed by atoms with Crippen LogP contribution in [0.3, 0.4) is 0 Å². The molecule has 0 saturated heterocycles. The quantitative estimate of drug-likeness (QED) is 0.817. The summed E-state index contributed by atoms with van der Waals surface area (Å²) >= 11 is 0. The van der Waals surface area contributed by atoms with E-state index in [0.717, 1.165) is 12.1 Å². The van der Waals surface area contributed by atoms with Crippen LogP contribution in [-0.4, -0.2) is 23.0 Å². The Morgan fingerprint density at radius 1 is 1.31 bits per heavy atom. The molecule has 0 bridgehead atoms. The standard InChI is InChI=1S/C10H9F2NO3/c1-5(10(15)16)13-9(14)6-2-3-7(11)8(12)4-6/h2-5H,1H3,(H,13,14)(H,15,16)/t5-/m1/s1. The van der Waals surface area contributed by atoms with Gasteiger partial charge in [-0.05, 0) is 25.1 Å². The molecule has 6 heteroatoms. The first kappa shape index (κ1) is 12.1. The van der Waals surface area contributed by atoms with Gasteiger partial charge in [-0.2, -0.15) is 0 Å². The van der Waals surface area contributed by atoms with Gasteiger partial charge in [-0.25, -0.2) is 8.78 Å². The highest BCUT2D eigenvalue weighted by atomic mass is 19.2. The molecule has 0 aliphatic carbocycles. The van der Waals surface area contributed by atoms with E-state index in [4.69, 9.17) is 5.11 Å². The minimum Gasteiger partial charge on any atom is -0.480 e. The van der Waals surface area contributed by atoms with Crippen molar-refractivity contribution in [2.75, 3.05) is 0 Å². The molecule has 1 rings (SSSR count). The molecule has 0 aliphatic heterocycles.